The van der Waals surface area contributed by atoms with E-state index in [1.807, 2.05) is 30.3 Å². The van der Waals surface area contributed by atoms with Crippen molar-refractivity contribution in [1.29, 1.82) is 0 Å². The molecule has 166 valence electrons. The number of anilines is 1. The fraction of sp³-hybridized carbons (Fsp3) is 0.130. The molecule has 2 aromatic carbocycles. The van der Waals surface area contributed by atoms with Gasteiger partial charge in [-0.3, -0.25) is 0 Å². The first-order chi connectivity index (χ1) is 15.8. The first-order valence-electron chi connectivity index (χ1n) is 9.94. The number of aromatic nitrogens is 4. The Morgan fingerprint density at radius 3 is 2.36 bits per heavy atom. The van der Waals surface area contributed by atoms with Gasteiger partial charge in [-0.25, -0.2) is 19.4 Å². The molecule has 0 amide bonds. The van der Waals surface area contributed by atoms with Crippen LogP contribution in [0.1, 0.15) is 24.4 Å². The van der Waals surface area contributed by atoms with Crippen LogP contribution in [0.5, 0.6) is 0 Å². The number of hydrogen-bond acceptors (Lipinski definition) is 6. The number of benzene rings is 2. The summed E-state index contributed by atoms with van der Waals surface area (Å²) in [5.41, 5.74) is 5.15. The highest BCUT2D eigenvalue weighted by Crippen LogP contribution is 2.39. The van der Waals surface area contributed by atoms with Crippen molar-refractivity contribution in [3.63, 3.8) is 0 Å². The van der Waals surface area contributed by atoms with E-state index in [2.05, 4.69) is 15.1 Å². The van der Waals surface area contributed by atoms with E-state index in [0.29, 0.717) is 16.3 Å². The number of alkyl halides is 3. The third-order valence-corrected chi connectivity index (χ3v) is 5.46. The minimum Gasteiger partial charge on any atom is -0.424 e. The second-order valence-corrected chi connectivity index (χ2v) is 7.46. The molecule has 3 aromatic heterocycles. The van der Waals surface area contributed by atoms with Crippen LogP contribution in [-0.4, -0.2) is 19.7 Å². The van der Waals surface area contributed by atoms with E-state index in [0.717, 1.165) is 16.6 Å². The Morgan fingerprint density at radius 1 is 1.00 bits per heavy atom. The number of nitrogen functional groups attached to an aromatic ring is 1. The predicted octanol–water partition coefficient (Wildman–Crippen LogP) is 4.81. The Kier molecular flexibility index (Phi) is 4.66. The number of hydrogen-bond donors (Lipinski definition) is 1. The van der Waals surface area contributed by atoms with Crippen LogP contribution in [0.3, 0.4) is 0 Å². The number of fused-ring (bicyclic) bond motifs is 2. The summed E-state index contributed by atoms with van der Waals surface area (Å²) in [4.78, 5) is 20.5. The molecule has 0 fully saturated rings. The third kappa shape index (κ3) is 3.30. The van der Waals surface area contributed by atoms with Crippen LogP contribution < -0.4 is 11.4 Å². The van der Waals surface area contributed by atoms with Gasteiger partial charge in [0, 0.05) is 10.9 Å². The molecular formula is C23H16F3N5O2. The van der Waals surface area contributed by atoms with Crippen molar-refractivity contribution in [1.82, 2.24) is 19.7 Å². The fourth-order valence-electron chi connectivity index (χ4n) is 3.99. The molecule has 0 bridgehead atoms. The molecule has 0 spiro atoms. The van der Waals surface area contributed by atoms with Crippen molar-refractivity contribution >= 4 is 27.6 Å². The minimum absolute atomic E-state index is 0.114. The molecule has 5 rings (SSSR count). The van der Waals surface area contributed by atoms with Gasteiger partial charge in [0.05, 0.1) is 10.8 Å². The first kappa shape index (κ1) is 20.7. The van der Waals surface area contributed by atoms with Gasteiger partial charge in [0.2, 0.25) is 0 Å². The van der Waals surface area contributed by atoms with Gasteiger partial charge in [0.15, 0.2) is 11.3 Å². The van der Waals surface area contributed by atoms with Crippen molar-refractivity contribution < 1.29 is 17.6 Å². The summed E-state index contributed by atoms with van der Waals surface area (Å²) in [6.07, 6.45) is -3.72. The molecule has 0 aliphatic rings. The van der Waals surface area contributed by atoms with Crippen molar-refractivity contribution in [2.45, 2.75) is 19.1 Å². The number of halogens is 3. The van der Waals surface area contributed by atoms with E-state index in [1.165, 1.54) is 0 Å². The summed E-state index contributed by atoms with van der Waals surface area (Å²) in [5, 5.41) is 4.36. The first-order valence-corrected chi connectivity index (χ1v) is 9.94. The van der Waals surface area contributed by atoms with Gasteiger partial charge in [-0.2, -0.15) is 18.3 Å². The van der Waals surface area contributed by atoms with Crippen molar-refractivity contribution in [3.8, 4) is 11.1 Å². The molecule has 5 aromatic rings. The largest absolute Gasteiger partial charge is 0.435 e. The van der Waals surface area contributed by atoms with Gasteiger partial charge >= 0.3 is 11.8 Å². The Balaban J connectivity index is 1.84. The van der Waals surface area contributed by atoms with Gasteiger partial charge < -0.3 is 10.2 Å². The lowest BCUT2D eigenvalue weighted by Gasteiger charge is -2.18. The highest BCUT2D eigenvalue weighted by atomic mass is 19.4. The minimum atomic E-state index is -4.78. The zero-order chi connectivity index (χ0) is 23.3. The fourth-order valence-corrected chi connectivity index (χ4v) is 3.99. The number of nitrogens with two attached hydrogens (primary N) is 1. The zero-order valence-electron chi connectivity index (χ0n) is 17.2. The maximum atomic E-state index is 13.7. The average molecular weight is 451 g/mol. The van der Waals surface area contributed by atoms with Gasteiger partial charge in [0.1, 0.15) is 23.9 Å². The Morgan fingerprint density at radius 2 is 1.67 bits per heavy atom. The number of nitrogens with zero attached hydrogens (tertiary/aromatic N) is 4. The van der Waals surface area contributed by atoms with E-state index in [4.69, 9.17) is 10.2 Å². The van der Waals surface area contributed by atoms with Gasteiger partial charge in [-0.05, 0) is 18.6 Å². The zero-order valence-corrected chi connectivity index (χ0v) is 17.2. The molecule has 0 saturated heterocycles. The third-order valence-electron chi connectivity index (χ3n) is 5.46. The molecule has 10 heteroatoms. The summed E-state index contributed by atoms with van der Waals surface area (Å²) in [6.45, 7) is 1.59. The quantitative estimate of drug-likeness (QED) is 0.423. The topological polar surface area (TPSA) is 99.8 Å². The molecule has 0 radical (unpaired) electrons. The summed E-state index contributed by atoms with van der Waals surface area (Å²) >= 11 is 0. The highest BCUT2D eigenvalue weighted by Gasteiger charge is 2.39. The van der Waals surface area contributed by atoms with Crippen LogP contribution in [0.15, 0.2) is 70.1 Å². The normalized spacial score (nSPS) is 13.0. The van der Waals surface area contributed by atoms with Crippen LogP contribution in [0.4, 0.5) is 19.0 Å². The van der Waals surface area contributed by atoms with Crippen molar-refractivity contribution in [2.24, 2.45) is 0 Å². The van der Waals surface area contributed by atoms with Crippen LogP contribution in [-0.2, 0) is 6.18 Å². The summed E-state index contributed by atoms with van der Waals surface area (Å²) < 4.78 is 48.0. The van der Waals surface area contributed by atoms with E-state index >= 15 is 0 Å². The number of rotatable bonds is 3. The standard InChI is InChI=1S/C23H16F3N5O2/c1-12(31-21-17(20(27)28-11-29-21)19(30-31)23(24,25)26)18-16(13-7-3-2-4-8-13)14-9-5-6-10-15(14)22(32)33-18/h2-12H,1H3,(H2,27,28,29). The second kappa shape index (κ2) is 7.44. The highest BCUT2D eigenvalue weighted by molar-refractivity contribution is 5.97. The molecule has 0 aliphatic heterocycles. The molecule has 0 saturated carbocycles. The van der Waals surface area contributed by atoms with E-state index in [9.17, 15) is 18.0 Å². The Labute approximate surface area is 184 Å². The Hall–Kier alpha value is -4.21. The summed E-state index contributed by atoms with van der Waals surface area (Å²) in [6, 6.07) is 15.1. The lowest BCUT2D eigenvalue weighted by atomic mass is 9.96. The Bertz CT molecular complexity index is 1560. The van der Waals surface area contributed by atoms with Gasteiger partial charge in [0.25, 0.3) is 0 Å². The maximum Gasteiger partial charge on any atom is 0.435 e. The summed E-state index contributed by atoms with van der Waals surface area (Å²) in [7, 11) is 0. The lowest BCUT2D eigenvalue weighted by molar-refractivity contribution is -0.140. The van der Waals surface area contributed by atoms with Crippen molar-refractivity contribution in [3.05, 3.63) is 82.8 Å². The lowest BCUT2D eigenvalue weighted by Crippen LogP contribution is -2.15. The molecular weight excluding hydrogens is 435 g/mol. The van der Waals surface area contributed by atoms with Crippen LogP contribution in [0.2, 0.25) is 0 Å². The maximum absolute atomic E-state index is 13.7. The van der Waals surface area contributed by atoms with Crippen molar-refractivity contribution in [2.75, 3.05) is 5.73 Å². The van der Waals surface area contributed by atoms with E-state index < -0.39 is 28.9 Å². The summed E-state index contributed by atoms with van der Waals surface area (Å²) in [5.74, 6) is -0.186. The SMILES string of the molecule is CC(c1oc(=O)c2ccccc2c1-c1ccccc1)n1nc(C(F)(F)F)c2c(N)ncnc21. The monoisotopic (exact) mass is 451 g/mol. The van der Waals surface area contributed by atoms with E-state index in [-0.39, 0.29) is 17.2 Å². The molecule has 1 atom stereocenters. The average Bonchev–Trinajstić information content (AvgIpc) is 3.21. The molecule has 33 heavy (non-hydrogen) atoms. The van der Waals surface area contributed by atoms with E-state index in [1.54, 1.807) is 31.2 Å². The predicted molar refractivity (Wildman–Crippen MR) is 116 cm³/mol. The molecule has 3 heterocycles. The molecule has 1 unspecified atom stereocenters. The van der Waals surface area contributed by atoms with Crippen LogP contribution >= 0.6 is 0 Å². The van der Waals surface area contributed by atoms with Crippen LogP contribution in [0, 0.1) is 0 Å². The molecule has 0 aliphatic carbocycles. The van der Waals surface area contributed by atoms with Gasteiger partial charge in [-0.1, -0.05) is 48.5 Å². The smallest absolute Gasteiger partial charge is 0.424 e. The molecule has 2 N–H and O–H groups in total. The molecule has 7 nitrogen and oxygen atoms in total. The second-order valence-electron chi connectivity index (χ2n) is 7.46. The van der Waals surface area contributed by atoms with Crippen LogP contribution in [0.25, 0.3) is 32.9 Å². The van der Waals surface area contributed by atoms with Gasteiger partial charge in [-0.15, -0.1) is 0 Å².